The van der Waals surface area contributed by atoms with Crippen LogP contribution in [0.15, 0.2) is 89.5 Å². The molecule has 0 amide bonds. The van der Waals surface area contributed by atoms with Gasteiger partial charge in [-0.05, 0) is 48.5 Å². The second kappa shape index (κ2) is 7.78. The molecule has 5 rings (SSSR count). The standard InChI is InChI=1S/C23H14Cl2N4O/c24-17-10-6-15(7-11-17)21-20(14-29(28-21)19-4-2-1-3-5-19)23-27-26-22(30-23)16-8-12-18(25)13-9-16/h1-14H. The van der Waals surface area contributed by atoms with Gasteiger partial charge >= 0.3 is 0 Å². The van der Waals surface area contributed by atoms with Crippen LogP contribution in [0.25, 0.3) is 39.9 Å². The zero-order chi connectivity index (χ0) is 20.5. The van der Waals surface area contributed by atoms with E-state index < -0.39 is 0 Å². The molecule has 0 atom stereocenters. The lowest BCUT2D eigenvalue weighted by molar-refractivity contribution is 0.585. The summed E-state index contributed by atoms with van der Waals surface area (Å²) < 4.78 is 7.78. The molecule has 3 aromatic carbocycles. The number of rotatable bonds is 4. The van der Waals surface area contributed by atoms with E-state index in [-0.39, 0.29) is 0 Å². The molecule has 0 spiro atoms. The maximum absolute atomic E-state index is 6.06. The maximum Gasteiger partial charge on any atom is 0.251 e. The van der Waals surface area contributed by atoms with Gasteiger partial charge in [0.25, 0.3) is 5.89 Å². The Balaban J connectivity index is 1.62. The minimum absolute atomic E-state index is 0.382. The van der Waals surface area contributed by atoms with Gasteiger partial charge in [0.15, 0.2) is 0 Å². The average molecular weight is 433 g/mol. The molecule has 7 heteroatoms. The maximum atomic E-state index is 6.06. The van der Waals surface area contributed by atoms with Gasteiger partial charge in [0, 0.05) is 27.4 Å². The predicted molar refractivity (Wildman–Crippen MR) is 118 cm³/mol. The second-order valence-electron chi connectivity index (χ2n) is 6.60. The van der Waals surface area contributed by atoms with Crippen LogP contribution in [-0.4, -0.2) is 20.0 Å². The molecule has 0 unspecified atom stereocenters. The lowest BCUT2D eigenvalue weighted by atomic mass is 10.1. The van der Waals surface area contributed by atoms with Gasteiger partial charge in [-0.15, -0.1) is 10.2 Å². The molecule has 0 aliphatic heterocycles. The van der Waals surface area contributed by atoms with Crippen molar-refractivity contribution >= 4 is 23.2 Å². The van der Waals surface area contributed by atoms with Crippen molar-refractivity contribution < 1.29 is 4.42 Å². The highest BCUT2D eigenvalue weighted by Crippen LogP contribution is 2.33. The molecule has 146 valence electrons. The SMILES string of the molecule is Clc1ccc(-c2nnc(-c3cn(-c4ccccc4)nc3-c3ccc(Cl)cc3)o2)cc1. The summed E-state index contributed by atoms with van der Waals surface area (Å²) >= 11 is 12.0. The van der Waals surface area contributed by atoms with E-state index in [0.29, 0.717) is 21.8 Å². The Labute approximate surface area is 182 Å². The predicted octanol–water partition coefficient (Wildman–Crippen LogP) is 6.56. The summed E-state index contributed by atoms with van der Waals surface area (Å²) in [4.78, 5) is 0. The van der Waals surface area contributed by atoms with Gasteiger partial charge in [-0.1, -0.05) is 53.5 Å². The van der Waals surface area contributed by atoms with Crippen LogP contribution in [0.4, 0.5) is 0 Å². The number of halogens is 2. The van der Waals surface area contributed by atoms with Crippen LogP contribution in [0.1, 0.15) is 0 Å². The van der Waals surface area contributed by atoms with Crippen LogP contribution in [0.2, 0.25) is 10.0 Å². The number of hydrogen-bond donors (Lipinski definition) is 0. The topological polar surface area (TPSA) is 56.7 Å². The fourth-order valence-corrected chi connectivity index (χ4v) is 3.36. The largest absolute Gasteiger partial charge is 0.416 e. The lowest BCUT2D eigenvalue weighted by Gasteiger charge is -2.00. The number of nitrogens with zero attached hydrogens (tertiary/aromatic N) is 4. The first-order valence-electron chi connectivity index (χ1n) is 9.18. The summed E-state index contributed by atoms with van der Waals surface area (Å²) in [5.41, 5.74) is 4.07. The van der Waals surface area contributed by atoms with E-state index in [1.807, 2.05) is 72.9 Å². The molecule has 0 fully saturated rings. The van der Waals surface area contributed by atoms with Gasteiger partial charge in [0.1, 0.15) is 5.69 Å². The summed E-state index contributed by atoms with van der Waals surface area (Å²) in [5, 5.41) is 14.6. The van der Waals surface area contributed by atoms with Gasteiger partial charge in [-0.25, -0.2) is 4.68 Å². The van der Waals surface area contributed by atoms with Gasteiger partial charge in [-0.3, -0.25) is 0 Å². The Morgan fingerprint density at radius 2 is 1.27 bits per heavy atom. The Morgan fingerprint density at radius 1 is 0.667 bits per heavy atom. The number of hydrogen-bond acceptors (Lipinski definition) is 4. The number of benzene rings is 3. The second-order valence-corrected chi connectivity index (χ2v) is 7.47. The molecule has 0 aliphatic carbocycles. The Bertz CT molecular complexity index is 1290. The third kappa shape index (κ3) is 3.61. The highest BCUT2D eigenvalue weighted by molar-refractivity contribution is 6.30. The zero-order valence-corrected chi connectivity index (χ0v) is 17.0. The first kappa shape index (κ1) is 18.6. The van der Waals surface area contributed by atoms with Crippen LogP contribution in [0, 0.1) is 0 Å². The molecule has 0 bridgehead atoms. The fourth-order valence-electron chi connectivity index (χ4n) is 3.11. The highest BCUT2D eigenvalue weighted by Gasteiger charge is 2.20. The van der Waals surface area contributed by atoms with Crippen LogP contribution in [-0.2, 0) is 0 Å². The van der Waals surface area contributed by atoms with Gasteiger partial charge in [0.2, 0.25) is 5.89 Å². The van der Waals surface area contributed by atoms with E-state index in [1.54, 1.807) is 16.8 Å². The van der Waals surface area contributed by atoms with Crippen LogP contribution < -0.4 is 0 Å². The fraction of sp³-hybridized carbons (Fsp3) is 0. The minimum Gasteiger partial charge on any atom is -0.416 e. The highest BCUT2D eigenvalue weighted by atomic mass is 35.5. The number of aromatic nitrogens is 4. The van der Waals surface area contributed by atoms with E-state index >= 15 is 0 Å². The molecular formula is C23H14Cl2N4O. The molecule has 0 radical (unpaired) electrons. The molecule has 2 aromatic heterocycles. The molecule has 0 aliphatic rings. The van der Waals surface area contributed by atoms with Crippen molar-refractivity contribution in [1.82, 2.24) is 20.0 Å². The minimum atomic E-state index is 0.382. The lowest BCUT2D eigenvalue weighted by Crippen LogP contribution is -1.93. The molecule has 0 saturated carbocycles. The Morgan fingerprint density at radius 3 is 1.93 bits per heavy atom. The third-order valence-electron chi connectivity index (χ3n) is 4.60. The van der Waals surface area contributed by atoms with Crippen molar-refractivity contribution in [2.75, 3.05) is 0 Å². The molecule has 0 N–H and O–H groups in total. The number of para-hydroxylation sites is 1. The van der Waals surface area contributed by atoms with Crippen molar-refractivity contribution in [1.29, 1.82) is 0 Å². The third-order valence-corrected chi connectivity index (χ3v) is 5.10. The average Bonchev–Trinajstić information content (AvgIpc) is 3.43. The molecule has 30 heavy (non-hydrogen) atoms. The van der Waals surface area contributed by atoms with E-state index in [2.05, 4.69) is 10.2 Å². The van der Waals surface area contributed by atoms with Gasteiger partial charge in [0.05, 0.1) is 11.3 Å². The molecule has 2 heterocycles. The summed E-state index contributed by atoms with van der Waals surface area (Å²) in [7, 11) is 0. The summed E-state index contributed by atoms with van der Waals surface area (Å²) in [5.74, 6) is 0.795. The molecule has 5 nitrogen and oxygen atoms in total. The van der Waals surface area contributed by atoms with Crippen molar-refractivity contribution in [3.05, 3.63) is 95.1 Å². The first-order chi connectivity index (χ1) is 14.7. The van der Waals surface area contributed by atoms with E-state index in [4.69, 9.17) is 32.7 Å². The Hall–Kier alpha value is -3.41. The van der Waals surface area contributed by atoms with Crippen LogP contribution in [0.3, 0.4) is 0 Å². The molecule has 5 aromatic rings. The first-order valence-corrected chi connectivity index (χ1v) is 9.94. The quantitative estimate of drug-likeness (QED) is 0.322. The van der Waals surface area contributed by atoms with Crippen molar-refractivity contribution in [3.63, 3.8) is 0 Å². The Kier molecular flexibility index (Phi) is 4.83. The smallest absolute Gasteiger partial charge is 0.251 e. The summed E-state index contributed by atoms with van der Waals surface area (Å²) in [6.07, 6.45) is 1.89. The summed E-state index contributed by atoms with van der Waals surface area (Å²) in [6.45, 7) is 0. The van der Waals surface area contributed by atoms with Crippen LogP contribution in [0.5, 0.6) is 0 Å². The molecular weight excluding hydrogens is 419 g/mol. The van der Waals surface area contributed by atoms with Gasteiger partial charge < -0.3 is 4.42 Å². The molecule has 0 saturated heterocycles. The zero-order valence-electron chi connectivity index (χ0n) is 15.5. The van der Waals surface area contributed by atoms with Crippen molar-refractivity contribution in [2.45, 2.75) is 0 Å². The van der Waals surface area contributed by atoms with Gasteiger partial charge in [-0.2, -0.15) is 5.10 Å². The van der Waals surface area contributed by atoms with E-state index in [9.17, 15) is 0 Å². The van der Waals surface area contributed by atoms with Crippen molar-refractivity contribution in [3.8, 4) is 39.9 Å². The van der Waals surface area contributed by atoms with E-state index in [0.717, 1.165) is 28.1 Å². The van der Waals surface area contributed by atoms with E-state index in [1.165, 1.54) is 0 Å². The monoisotopic (exact) mass is 432 g/mol. The van der Waals surface area contributed by atoms with Crippen molar-refractivity contribution in [2.24, 2.45) is 0 Å². The summed E-state index contributed by atoms with van der Waals surface area (Å²) in [6, 6.07) is 24.6. The van der Waals surface area contributed by atoms with Crippen LogP contribution >= 0.6 is 23.2 Å². The normalized spacial score (nSPS) is 11.0.